The predicted octanol–water partition coefficient (Wildman–Crippen LogP) is 13.4. The van der Waals surface area contributed by atoms with Gasteiger partial charge in [0.15, 0.2) is 5.82 Å². The number of allylic oxidation sites excluding steroid dienone is 1. The lowest BCUT2D eigenvalue weighted by Crippen LogP contribution is -1.97. The van der Waals surface area contributed by atoms with E-state index in [1.807, 2.05) is 91.9 Å². The summed E-state index contributed by atoms with van der Waals surface area (Å²) >= 11 is 0. The summed E-state index contributed by atoms with van der Waals surface area (Å²) in [6.07, 6.45) is 4.11. The van der Waals surface area contributed by atoms with Crippen molar-refractivity contribution in [2.45, 2.75) is 6.92 Å². The van der Waals surface area contributed by atoms with Gasteiger partial charge in [0.05, 0.1) is 28.0 Å². The summed E-state index contributed by atoms with van der Waals surface area (Å²) < 4.78 is 12.8. The molecule has 0 saturated carbocycles. The Morgan fingerprint density at radius 1 is 0.545 bits per heavy atom. The van der Waals surface area contributed by atoms with E-state index >= 15 is 0 Å². The zero-order valence-corrected chi connectivity index (χ0v) is 30.0. The Kier molecular flexibility index (Phi) is 7.77. The minimum Gasteiger partial charge on any atom is -0.455 e. The Labute approximate surface area is 317 Å². The molecule has 0 saturated heterocycles. The van der Waals surface area contributed by atoms with Crippen LogP contribution in [0.1, 0.15) is 23.8 Å². The predicted molar refractivity (Wildman–Crippen MR) is 225 cm³/mol. The maximum absolute atomic E-state index is 6.47. The number of hydrogen-bond acceptors (Lipinski definition) is 5. The first-order valence-electron chi connectivity index (χ1n) is 18.3. The molecule has 5 heteroatoms. The second kappa shape index (κ2) is 13.2. The maximum Gasteiger partial charge on any atom is 0.160 e. The third-order valence-electron chi connectivity index (χ3n) is 10.2. The van der Waals surface area contributed by atoms with Crippen molar-refractivity contribution in [1.29, 1.82) is 0 Å². The van der Waals surface area contributed by atoms with Gasteiger partial charge in [0.25, 0.3) is 0 Å². The first kappa shape index (κ1) is 32.3. The van der Waals surface area contributed by atoms with Gasteiger partial charge in [-0.15, -0.1) is 0 Å². The van der Waals surface area contributed by atoms with Gasteiger partial charge in [0.2, 0.25) is 0 Å². The largest absolute Gasteiger partial charge is 0.455 e. The van der Waals surface area contributed by atoms with Gasteiger partial charge in [-0.25, -0.2) is 15.0 Å². The number of rotatable bonds is 7. The molecule has 0 unspecified atom stereocenters. The van der Waals surface area contributed by atoms with Crippen LogP contribution in [0.25, 0.3) is 101 Å². The highest BCUT2D eigenvalue weighted by atomic mass is 16.3. The lowest BCUT2D eigenvalue weighted by molar-refractivity contribution is 0.600. The standard InChI is InChI=1S/C50H33N3O2/c1-3-14-38-37-19-8-11-23-44(37)54-48(38)31(2)32-25-27-34(28-26-32)43-30-42(33-15-5-4-6-16-33)52-50(53-43)36-18-13-17-35(29-36)47-46-40-21-9-12-24-45(40)55-49(46)39-20-7-10-22-41(39)51-47/h3-30H,2H2,1H3/b14-3-. The number of benzene rings is 6. The number of hydrogen-bond donors (Lipinski definition) is 0. The van der Waals surface area contributed by atoms with Crippen LogP contribution in [0, 0.1) is 0 Å². The van der Waals surface area contributed by atoms with Gasteiger partial charge in [-0.05, 0) is 48.9 Å². The van der Waals surface area contributed by atoms with Crippen molar-refractivity contribution < 1.29 is 8.83 Å². The number of pyridine rings is 1. The van der Waals surface area contributed by atoms with E-state index in [9.17, 15) is 0 Å². The highest BCUT2D eigenvalue weighted by Crippen LogP contribution is 2.40. The van der Waals surface area contributed by atoms with Gasteiger partial charge in [-0.1, -0.05) is 140 Å². The molecule has 0 atom stereocenters. The van der Waals surface area contributed by atoms with Crippen LogP contribution in [-0.2, 0) is 0 Å². The first-order valence-corrected chi connectivity index (χ1v) is 18.3. The number of nitrogens with zero attached hydrogens (tertiary/aromatic N) is 3. The summed E-state index contributed by atoms with van der Waals surface area (Å²) in [4.78, 5) is 15.5. The van der Waals surface area contributed by atoms with Crippen LogP contribution in [0.3, 0.4) is 0 Å². The third kappa shape index (κ3) is 5.61. The second-order valence-corrected chi connectivity index (χ2v) is 13.6. The highest BCUT2D eigenvalue weighted by Gasteiger charge is 2.20. The van der Waals surface area contributed by atoms with Gasteiger partial charge < -0.3 is 8.83 Å². The Hall–Kier alpha value is -7.37. The van der Waals surface area contributed by atoms with Gasteiger partial charge in [0, 0.05) is 49.5 Å². The van der Waals surface area contributed by atoms with E-state index < -0.39 is 0 Å². The van der Waals surface area contributed by atoms with Crippen LogP contribution in [0.15, 0.2) is 179 Å². The molecule has 0 N–H and O–H groups in total. The summed E-state index contributed by atoms with van der Waals surface area (Å²) in [6, 6.07) is 53.4. The minimum absolute atomic E-state index is 0.624. The molecule has 0 amide bonds. The summed E-state index contributed by atoms with van der Waals surface area (Å²) in [5.41, 5.74) is 12.6. The molecule has 0 radical (unpaired) electrons. The van der Waals surface area contributed by atoms with Crippen molar-refractivity contribution in [2.24, 2.45) is 0 Å². The van der Waals surface area contributed by atoms with E-state index in [-0.39, 0.29) is 0 Å². The van der Waals surface area contributed by atoms with Crippen LogP contribution < -0.4 is 0 Å². The normalized spacial score (nSPS) is 11.7. The van der Waals surface area contributed by atoms with E-state index in [0.717, 1.165) is 106 Å². The average molecular weight is 708 g/mol. The molecule has 260 valence electrons. The van der Waals surface area contributed by atoms with Gasteiger partial charge in [-0.3, -0.25) is 0 Å². The summed E-state index contributed by atoms with van der Waals surface area (Å²) in [6.45, 7) is 6.47. The Bertz CT molecular complexity index is 3120. The number of fused-ring (bicyclic) bond motifs is 6. The van der Waals surface area contributed by atoms with Crippen molar-refractivity contribution in [3.63, 3.8) is 0 Å². The van der Waals surface area contributed by atoms with Crippen molar-refractivity contribution in [2.75, 3.05) is 0 Å². The second-order valence-electron chi connectivity index (χ2n) is 13.6. The fraction of sp³-hybridized carbons (Fsp3) is 0.0200. The molecule has 0 fully saturated rings. The van der Waals surface area contributed by atoms with E-state index in [4.69, 9.17) is 23.8 Å². The molecule has 10 aromatic rings. The van der Waals surface area contributed by atoms with E-state index in [2.05, 4.69) is 91.5 Å². The molecule has 0 bridgehead atoms. The molecular weight excluding hydrogens is 675 g/mol. The quantitative estimate of drug-likeness (QED) is 0.165. The molecule has 6 aromatic carbocycles. The zero-order valence-electron chi connectivity index (χ0n) is 30.0. The van der Waals surface area contributed by atoms with Crippen LogP contribution in [-0.4, -0.2) is 15.0 Å². The van der Waals surface area contributed by atoms with Crippen LogP contribution in [0.2, 0.25) is 0 Å². The Morgan fingerprint density at radius 2 is 1.16 bits per heavy atom. The lowest BCUT2D eigenvalue weighted by atomic mass is 9.98. The van der Waals surface area contributed by atoms with Crippen LogP contribution in [0.5, 0.6) is 0 Å². The van der Waals surface area contributed by atoms with Crippen molar-refractivity contribution in [3.8, 4) is 45.2 Å². The van der Waals surface area contributed by atoms with E-state index in [0.29, 0.717) is 5.82 Å². The molecule has 0 aliphatic heterocycles. The van der Waals surface area contributed by atoms with Crippen LogP contribution >= 0.6 is 0 Å². The molecule has 0 spiro atoms. The third-order valence-corrected chi connectivity index (χ3v) is 10.2. The average Bonchev–Trinajstić information content (AvgIpc) is 3.83. The van der Waals surface area contributed by atoms with E-state index in [1.165, 1.54) is 0 Å². The maximum atomic E-state index is 6.47. The fourth-order valence-corrected chi connectivity index (χ4v) is 7.50. The number of furan rings is 2. The zero-order chi connectivity index (χ0) is 36.9. The van der Waals surface area contributed by atoms with Gasteiger partial charge in [-0.2, -0.15) is 0 Å². The van der Waals surface area contributed by atoms with Crippen LogP contribution in [0.4, 0.5) is 0 Å². The van der Waals surface area contributed by atoms with Crippen molar-refractivity contribution in [3.05, 3.63) is 187 Å². The molecule has 5 nitrogen and oxygen atoms in total. The molecule has 4 heterocycles. The smallest absolute Gasteiger partial charge is 0.160 e. The molecule has 10 rings (SSSR count). The SMILES string of the molecule is C=C(c1ccc(-c2cc(-c3ccccc3)nc(-c3cccc(-c4nc5ccccc5c5oc6ccccc6c45)c3)n2)cc1)c1oc2ccccc2c1/C=C\C. The van der Waals surface area contributed by atoms with E-state index in [1.54, 1.807) is 0 Å². The number of aromatic nitrogens is 3. The fourth-order valence-electron chi connectivity index (χ4n) is 7.50. The topological polar surface area (TPSA) is 65.0 Å². The summed E-state index contributed by atoms with van der Waals surface area (Å²) in [7, 11) is 0. The van der Waals surface area contributed by atoms with Crippen molar-refractivity contribution in [1.82, 2.24) is 15.0 Å². The van der Waals surface area contributed by atoms with Crippen molar-refractivity contribution >= 4 is 55.5 Å². The summed E-state index contributed by atoms with van der Waals surface area (Å²) in [5, 5.41) is 4.08. The Morgan fingerprint density at radius 3 is 1.93 bits per heavy atom. The lowest BCUT2D eigenvalue weighted by Gasteiger charge is -2.12. The first-order chi connectivity index (χ1) is 27.1. The molecule has 0 aliphatic rings. The molecular formula is C50H33N3O2. The monoisotopic (exact) mass is 707 g/mol. The Balaban J connectivity index is 1.08. The summed E-state index contributed by atoms with van der Waals surface area (Å²) in [5.74, 6) is 1.39. The molecule has 4 aromatic heterocycles. The number of para-hydroxylation sites is 3. The highest BCUT2D eigenvalue weighted by molar-refractivity contribution is 6.19. The van der Waals surface area contributed by atoms with Gasteiger partial charge >= 0.3 is 0 Å². The molecule has 55 heavy (non-hydrogen) atoms. The molecule has 0 aliphatic carbocycles. The minimum atomic E-state index is 0.624. The van der Waals surface area contributed by atoms with Gasteiger partial charge in [0.1, 0.15) is 22.5 Å².